The molecule has 1 aliphatic heterocycles. The van der Waals surface area contributed by atoms with Crippen LogP contribution in [0.4, 0.5) is 5.82 Å². The van der Waals surface area contributed by atoms with E-state index in [4.69, 9.17) is 5.73 Å². The Labute approximate surface area is 105 Å². The lowest BCUT2D eigenvalue weighted by atomic mass is 9.89. The van der Waals surface area contributed by atoms with Gasteiger partial charge in [-0.3, -0.25) is 9.59 Å². The summed E-state index contributed by atoms with van der Waals surface area (Å²) in [4.78, 5) is 27.8. The SMILES string of the molecule is Cc1cccc(N2NC(C)(C)C(C(N)=O)C2=O)n1. The molecule has 6 heteroatoms. The van der Waals surface area contributed by atoms with Crippen molar-refractivity contribution in [3.63, 3.8) is 0 Å². The summed E-state index contributed by atoms with van der Waals surface area (Å²) in [5.41, 5.74) is 8.34. The van der Waals surface area contributed by atoms with E-state index in [0.717, 1.165) is 5.69 Å². The molecule has 2 rings (SSSR count). The molecule has 1 atom stereocenters. The minimum atomic E-state index is -0.889. The fourth-order valence-electron chi connectivity index (χ4n) is 2.15. The van der Waals surface area contributed by atoms with Crippen molar-refractivity contribution in [2.24, 2.45) is 11.7 Å². The maximum atomic E-state index is 12.2. The first-order chi connectivity index (χ1) is 8.33. The standard InChI is InChI=1S/C12H16N4O2/c1-7-5-4-6-8(14-7)16-11(18)9(10(13)17)12(2,3)15-16/h4-6,9,15H,1-3H3,(H2,13,17). The van der Waals surface area contributed by atoms with Crippen LogP contribution >= 0.6 is 0 Å². The first-order valence-electron chi connectivity index (χ1n) is 5.67. The number of nitrogens with one attached hydrogen (secondary N) is 1. The number of rotatable bonds is 2. The lowest BCUT2D eigenvalue weighted by Gasteiger charge is -2.22. The van der Waals surface area contributed by atoms with Gasteiger partial charge in [0.05, 0.1) is 5.54 Å². The average Bonchev–Trinajstić information content (AvgIpc) is 2.48. The second-order valence-corrected chi connectivity index (χ2v) is 4.98. The summed E-state index contributed by atoms with van der Waals surface area (Å²) in [5, 5.41) is 1.29. The number of nitrogens with two attached hydrogens (primary N) is 1. The third-order valence-corrected chi connectivity index (χ3v) is 2.98. The number of pyridine rings is 1. The Morgan fingerprint density at radius 1 is 1.50 bits per heavy atom. The number of hydrogen-bond donors (Lipinski definition) is 2. The Kier molecular flexibility index (Phi) is 2.82. The first-order valence-corrected chi connectivity index (χ1v) is 5.67. The summed E-state index contributed by atoms with van der Waals surface area (Å²) in [7, 11) is 0. The van der Waals surface area contributed by atoms with Crippen LogP contribution in [0.15, 0.2) is 18.2 Å². The molecule has 2 amide bonds. The molecule has 0 saturated carbocycles. The zero-order chi connectivity index (χ0) is 13.5. The van der Waals surface area contributed by atoms with Crippen molar-refractivity contribution in [2.75, 3.05) is 5.01 Å². The molecule has 3 N–H and O–H groups in total. The minimum absolute atomic E-state index is 0.370. The van der Waals surface area contributed by atoms with Gasteiger partial charge >= 0.3 is 0 Å². The van der Waals surface area contributed by atoms with Gasteiger partial charge in [0, 0.05) is 5.69 Å². The van der Waals surface area contributed by atoms with E-state index in [1.165, 1.54) is 5.01 Å². The van der Waals surface area contributed by atoms with E-state index in [2.05, 4.69) is 10.4 Å². The van der Waals surface area contributed by atoms with Crippen LogP contribution in [0.25, 0.3) is 0 Å². The van der Waals surface area contributed by atoms with Gasteiger partial charge in [0.2, 0.25) is 5.91 Å². The number of aromatic nitrogens is 1. The van der Waals surface area contributed by atoms with Crippen LogP contribution in [-0.4, -0.2) is 22.3 Å². The van der Waals surface area contributed by atoms with Crippen LogP contribution < -0.4 is 16.2 Å². The van der Waals surface area contributed by atoms with E-state index in [9.17, 15) is 9.59 Å². The van der Waals surface area contributed by atoms with Crippen LogP contribution in [0.5, 0.6) is 0 Å². The highest BCUT2D eigenvalue weighted by molar-refractivity contribution is 6.09. The third kappa shape index (κ3) is 1.95. The molecule has 18 heavy (non-hydrogen) atoms. The number of hydrazine groups is 1. The fourth-order valence-corrected chi connectivity index (χ4v) is 2.15. The Morgan fingerprint density at radius 3 is 2.67 bits per heavy atom. The normalized spacial score (nSPS) is 22.3. The number of nitrogens with zero attached hydrogens (tertiary/aromatic N) is 2. The van der Waals surface area contributed by atoms with Crippen LogP contribution in [0, 0.1) is 12.8 Å². The molecular formula is C12H16N4O2. The molecule has 1 aliphatic rings. The van der Waals surface area contributed by atoms with E-state index in [1.54, 1.807) is 26.0 Å². The van der Waals surface area contributed by atoms with Crippen LogP contribution in [0.1, 0.15) is 19.5 Å². The molecule has 0 spiro atoms. The van der Waals surface area contributed by atoms with Crippen LogP contribution in [0.2, 0.25) is 0 Å². The van der Waals surface area contributed by atoms with E-state index < -0.39 is 17.4 Å². The molecule has 1 unspecified atom stereocenters. The molecule has 0 aromatic carbocycles. The average molecular weight is 248 g/mol. The molecule has 1 saturated heterocycles. The zero-order valence-electron chi connectivity index (χ0n) is 10.6. The fraction of sp³-hybridized carbons (Fsp3) is 0.417. The summed E-state index contributed by atoms with van der Waals surface area (Å²) >= 11 is 0. The molecule has 2 heterocycles. The van der Waals surface area contributed by atoms with Gasteiger partial charge in [-0.15, -0.1) is 0 Å². The number of carbonyl (C=O) groups is 2. The van der Waals surface area contributed by atoms with Gasteiger partial charge in [0.1, 0.15) is 11.7 Å². The second kappa shape index (κ2) is 4.06. The highest BCUT2D eigenvalue weighted by Crippen LogP contribution is 2.28. The predicted octanol–water partition coefficient (Wildman–Crippen LogP) is 0.121. The van der Waals surface area contributed by atoms with Gasteiger partial charge in [0.15, 0.2) is 0 Å². The lowest BCUT2D eigenvalue weighted by molar-refractivity contribution is -0.131. The van der Waals surface area contributed by atoms with E-state index in [0.29, 0.717) is 5.82 Å². The highest BCUT2D eigenvalue weighted by Gasteiger charge is 2.50. The zero-order valence-corrected chi connectivity index (χ0v) is 10.6. The number of aryl methyl sites for hydroxylation is 1. The molecule has 6 nitrogen and oxygen atoms in total. The Morgan fingerprint density at radius 2 is 2.17 bits per heavy atom. The van der Waals surface area contributed by atoms with Gasteiger partial charge in [-0.2, -0.15) is 0 Å². The van der Waals surface area contributed by atoms with Crippen molar-refractivity contribution in [1.82, 2.24) is 10.4 Å². The Balaban J connectivity index is 2.38. The largest absolute Gasteiger partial charge is 0.369 e. The molecule has 96 valence electrons. The van der Waals surface area contributed by atoms with Gasteiger partial charge in [0.25, 0.3) is 5.91 Å². The molecule has 0 bridgehead atoms. The van der Waals surface area contributed by atoms with Crippen molar-refractivity contribution in [3.8, 4) is 0 Å². The van der Waals surface area contributed by atoms with Crippen molar-refractivity contribution in [3.05, 3.63) is 23.9 Å². The summed E-state index contributed by atoms with van der Waals surface area (Å²) < 4.78 is 0. The predicted molar refractivity (Wildman–Crippen MR) is 66.4 cm³/mol. The quantitative estimate of drug-likeness (QED) is 0.728. The molecule has 1 fully saturated rings. The number of hydrogen-bond acceptors (Lipinski definition) is 4. The van der Waals surface area contributed by atoms with E-state index in [1.807, 2.05) is 13.0 Å². The topological polar surface area (TPSA) is 88.3 Å². The van der Waals surface area contributed by atoms with Crippen molar-refractivity contribution in [1.29, 1.82) is 0 Å². The maximum absolute atomic E-state index is 12.2. The number of anilines is 1. The lowest BCUT2D eigenvalue weighted by Crippen LogP contribution is -2.46. The smallest absolute Gasteiger partial charge is 0.257 e. The van der Waals surface area contributed by atoms with Crippen molar-refractivity contribution >= 4 is 17.6 Å². The monoisotopic (exact) mass is 248 g/mol. The Bertz CT molecular complexity index is 513. The highest BCUT2D eigenvalue weighted by atomic mass is 16.2. The molecule has 0 radical (unpaired) electrons. The van der Waals surface area contributed by atoms with Gasteiger partial charge in [-0.05, 0) is 32.9 Å². The summed E-state index contributed by atoms with van der Waals surface area (Å²) in [5.74, 6) is -1.42. The summed E-state index contributed by atoms with van der Waals surface area (Å²) in [6.45, 7) is 5.35. The Hall–Kier alpha value is -1.95. The van der Waals surface area contributed by atoms with Gasteiger partial charge in [-0.1, -0.05) is 6.07 Å². The molecule has 0 aliphatic carbocycles. The minimum Gasteiger partial charge on any atom is -0.369 e. The van der Waals surface area contributed by atoms with E-state index >= 15 is 0 Å². The van der Waals surface area contributed by atoms with Crippen molar-refractivity contribution < 1.29 is 9.59 Å². The maximum Gasteiger partial charge on any atom is 0.257 e. The number of carbonyl (C=O) groups excluding carboxylic acids is 2. The molecule has 1 aromatic heterocycles. The van der Waals surface area contributed by atoms with Crippen molar-refractivity contribution in [2.45, 2.75) is 26.3 Å². The number of amides is 2. The molecular weight excluding hydrogens is 232 g/mol. The van der Waals surface area contributed by atoms with Gasteiger partial charge in [-0.25, -0.2) is 15.4 Å². The third-order valence-electron chi connectivity index (χ3n) is 2.98. The second-order valence-electron chi connectivity index (χ2n) is 4.98. The summed E-state index contributed by atoms with van der Waals surface area (Å²) in [6, 6.07) is 5.34. The van der Waals surface area contributed by atoms with Crippen LogP contribution in [0.3, 0.4) is 0 Å². The van der Waals surface area contributed by atoms with Gasteiger partial charge < -0.3 is 5.73 Å². The van der Waals surface area contributed by atoms with E-state index in [-0.39, 0.29) is 5.91 Å². The van der Waals surface area contributed by atoms with Crippen LogP contribution in [-0.2, 0) is 9.59 Å². The summed E-state index contributed by atoms with van der Waals surface area (Å²) in [6.07, 6.45) is 0. The molecule has 1 aromatic rings. The first kappa shape index (κ1) is 12.5. The number of primary amides is 1.